The van der Waals surface area contributed by atoms with Gasteiger partial charge in [-0.3, -0.25) is 4.90 Å². The molecule has 1 aromatic heterocycles. The average molecular weight is 433 g/mol. The summed E-state index contributed by atoms with van der Waals surface area (Å²) in [5.74, 6) is 1.58. The molecule has 2 aromatic carbocycles. The summed E-state index contributed by atoms with van der Waals surface area (Å²) < 4.78 is 11.0. The van der Waals surface area contributed by atoms with Gasteiger partial charge in [-0.1, -0.05) is 55.4 Å². The van der Waals surface area contributed by atoms with Crippen LogP contribution in [0.1, 0.15) is 50.3 Å². The molecule has 1 atom stereocenters. The van der Waals surface area contributed by atoms with Crippen LogP contribution < -0.4 is 10.1 Å². The quantitative estimate of drug-likeness (QED) is 0.554. The van der Waals surface area contributed by atoms with Crippen molar-refractivity contribution in [3.8, 4) is 17.1 Å². The number of hydrogen-bond acceptors (Lipinski definition) is 5. The Morgan fingerprint density at radius 1 is 1.16 bits per heavy atom. The fourth-order valence-corrected chi connectivity index (χ4v) is 3.96. The van der Waals surface area contributed by atoms with Gasteiger partial charge in [0.25, 0.3) is 5.89 Å². The second-order valence-electron chi connectivity index (χ2n) is 7.78. The lowest BCUT2D eigenvalue weighted by molar-refractivity contribution is 0.205. The molecule has 0 saturated carbocycles. The molecule has 1 aliphatic rings. The highest BCUT2D eigenvalue weighted by Crippen LogP contribution is 2.37. The Hall–Kier alpha value is -3.61. The zero-order valence-electron chi connectivity index (χ0n) is 18.9. The number of rotatable bonds is 7. The van der Waals surface area contributed by atoms with Gasteiger partial charge in [0.2, 0.25) is 5.82 Å². The number of aryl methyl sites for hydroxylation is 1. The number of aromatic nitrogens is 2. The van der Waals surface area contributed by atoms with Gasteiger partial charge in [0.15, 0.2) is 0 Å². The largest absolute Gasteiger partial charge is 0.497 e. The van der Waals surface area contributed by atoms with E-state index in [2.05, 4.69) is 34.5 Å². The summed E-state index contributed by atoms with van der Waals surface area (Å²) in [6.45, 7) is 6.71. The molecule has 1 N–H and O–H groups in total. The number of methoxy groups -OCH3 is 1. The first-order chi connectivity index (χ1) is 15.5. The number of carbonyl (C=O) groups excluding carboxylic acids is 1. The lowest BCUT2D eigenvalue weighted by atomic mass is 9.93. The van der Waals surface area contributed by atoms with Crippen molar-refractivity contribution in [2.75, 3.05) is 13.7 Å². The third-order valence-corrected chi connectivity index (χ3v) is 5.75. The van der Waals surface area contributed by atoms with Crippen molar-refractivity contribution < 1.29 is 14.1 Å². The number of nitrogens with one attached hydrogen (secondary N) is 1. The molecule has 1 aliphatic heterocycles. The summed E-state index contributed by atoms with van der Waals surface area (Å²) in [5, 5.41) is 7.34. The molecule has 7 heteroatoms. The van der Waals surface area contributed by atoms with Crippen LogP contribution in [0.25, 0.3) is 17.0 Å². The maximum absolute atomic E-state index is 12.9. The van der Waals surface area contributed by atoms with E-state index in [0.29, 0.717) is 18.3 Å². The van der Waals surface area contributed by atoms with Gasteiger partial charge in [0, 0.05) is 17.8 Å². The number of urea groups is 1. The van der Waals surface area contributed by atoms with Crippen LogP contribution >= 0.6 is 0 Å². The van der Waals surface area contributed by atoms with E-state index in [1.54, 1.807) is 12.0 Å². The van der Waals surface area contributed by atoms with Gasteiger partial charge >= 0.3 is 6.03 Å². The smallest absolute Gasteiger partial charge is 0.322 e. The van der Waals surface area contributed by atoms with Crippen LogP contribution in [0.3, 0.4) is 0 Å². The highest BCUT2D eigenvalue weighted by Gasteiger charge is 2.35. The molecule has 2 amide bonds. The highest BCUT2D eigenvalue weighted by molar-refractivity contribution is 5.86. The second-order valence-corrected chi connectivity index (χ2v) is 7.78. The first kappa shape index (κ1) is 21.6. The summed E-state index contributed by atoms with van der Waals surface area (Å²) in [4.78, 5) is 19.3. The van der Waals surface area contributed by atoms with E-state index in [0.717, 1.165) is 41.0 Å². The third-order valence-electron chi connectivity index (χ3n) is 5.75. The molecular weight excluding hydrogens is 404 g/mol. The molecular formula is C25H28N4O3. The monoisotopic (exact) mass is 432 g/mol. The molecule has 7 nitrogen and oxygen atoms in total. The van der Waals surface area contributed by atoms with Crippen molar-refractivity contribution in [3.63, 3.8) is 0 Å². The molecule has 2 heterocycles. The van der Waals surface area contributed by atoms with Gasteiger partial charge in [0.05, 0.1) is 18.7 Å². The SMILES string of the molecule is CCCN1C(=O)NC(c2ccc(CC)cc2)C(c2nc(-c3cccc(OC)c3)no2)=C1C. The van der Waals surface area contributed by atoms with E-state index in [1.807, 2.05) is 50.2 Å². The lowest BCUT2D eigenvalue weighted by Gasteiger charge is -2.35. The number of allylic oxidation sites excluding steroid dienone is 1. The molecule has 0 radical (unpaired) electrons. The van der Waals surface area contributed by atoms with E-state index in [9.17, 15) is 4.79 Å². The van der Waals surface area contributed by atoms with Crippen molar-refractivity contribution in [1.82, 2.24) is 20.4 Å². The van der Waals surface area contributed by atoms with Gasteiger partial charge in [-0.15, -0.1) is 0 Å². The zero-order valence-corrected chi connectivity index (χ0v) is 18.9. The first-order valence-corrected chi connectivity index (χ1v) is 10.9. The van der Waals surface area contributed by atoms with E-state index < -0.39 is 0 Å². The predicted molar refractivity (Wildman–Crippen MR) is 123 cm³/mol. The van der Waals surface area contributed by atoms with E-state index >= 15 is 0 Å². The Labute approximate surface area is 188 Å². The minimum atomic E-state index is -0.375. The summed E-state index contributed by atoms with van der Waals surface area (Å²) in [6, 6.07) is 15.3. The van der Waals surface area contributed by atoms with Crippen molar-refractivity contribution in [2.24, 2.45) is 0 Å². The lowest BCUT2D eigenvalue weighted by Crippen LogP contribution is -2.46. The van der Waals surface area contributed by atoms with Crippen LogP contribution in [0, 0.1) is 0 Å². The van der Waals surface area contributed by atoms with Crippen LogP contribution in [-0.2, 0) is 6.42 Å². The molecule has 1 unspecified atom stereocenters. The van der Waals surface area contributed by atoms with Crippen LogP contribution in [-0.4, -0.2) is 34.7 Å². The van der Waals surface area contributed by atoms with Gasteiger partial charge in [0.1, 0.15) is 5.75 Å². The molecule has 32 heavy (non-hydrogen) atoms. The third kappa shape index (κ3) is 4.10. The van der Waals surface area contributed by atoms with Crippen LogP contribution in [0.5, 0.6) is 5.75 Å². The number of nitrogens with zero attached hydrogens (tertiary/aromatic N) is 3. The molecule has 0 bridgehead atoms. The maximum Gasteiger partial charge on any atom is 0.322 e. The van der Waals surface area contributed by atoms with E-state index in [4.69, 9.17) is 9.26 Å². The Kier molecular flexibility index (Phi) is 6.25. The number of carbonyl (C=O) groups is 1. The minimum Gasteiger partial charge on any atom is -0.497 e. The first-order valence-electron chi connectivity index (χ1n) is 10.9. The topological polar surface area (TPSA) is 80.5 Å². The van der Waals surface area contributed by atoms with Gasteiger partial charge in [-0.25, -0.2) is 4.79 Å². The number of benzene rings is 2. The number of hydrogen-bond donors (Lipinski definition) is 1. The van der Waals surface area contributed by atoms with Gasteiger partial charge in [-0.05, 0) is 43.0 Å². The fraction of sp³-hybridized carbons (Fsp3) is 0.320. The van der Waals surface area contributed by atoms with E-state index in [-0.39, 0.29) is 12.1 Å². The normalized spacial score (nSPS) is 16.3. The zero-order chi connectivity index (χ0) is 22.7. The average Bonchev–Trinajstić information content (AvgIpc) is 3.31. The van der Waals surface area contributed by atoms with Crippen LogP contribution in [0.15, 0.2) is 58.8 Å². The highest BCUT2D eigenvalue weighted by atomic mass is 16.5. The molecule has 0 saturated heterocycles. The standard InChI is InChI=1S/C25H28N4O3/c1-5-14-29-16(3)21(22(26-25(29)30)18-12-10-17(6-2)11-13-18)24-27-23(28-32-24)19-8-7-9-20(15-19)31-4/h7-13,15,22H,5-6,14H2,1-4H3,(H,26,30). The molecule has 166 valence electrons. The Morgan fingerprint density at radius 3 is 2.62 bits per heavy atom. The summed E-state index contributed by atoms with van der Waals surface area (Å²) in [5.41, 5.74) is 4.64. The summed E-state index contributed by atoms with van der Waals surface area (Å²) >= 11 is 0. The molecule has 3 aromatic rings. The number of ether oxygens (including phenoxy) is 1. The van der Waals surface area contributed by atoms with Crippen LogP contribution in [0.4, 0.5) is 4.79 Å². The van der Waals surface area contributed by atoms with Gasteiger partial charge < -0.3 is 14.6 Å². The molecule has 0 fully saturated rings. The second kappa shape index (κ2) is 9.26. The predicted octanol–water partition coefficient (Wildman–Crippen LogP) is 5.22. The summed E-state index contributed by atoms with van der Waals surface area (Å²) in [6.07, 6.45) is 1.80. The van der Waals surface area contributed by atoms with Crippen molar-refractivity contribution in [2.45, 2.75) is 39.7 Å². The van der Waals surface area contributed by atoms with Gasteiger partial charge in [-0.2, -0.15) is 4.98 Å². The van der Waals surface area contributed by atoms with Crippen molar-refractivity contribution in [3.05, 3.63) is 71.2 Å². The molecule has 0 spiro atoms. The number of amides is 2. The Bertz CT molecular complexity index is 1130. The van der Waals surface area contributed by atoms with Crippen molar-refractivity contribution in [1.29, 1.82) is 0 Å². The Balaban J connectivity index is 1.79. The maximum atomic E-state index is 12.9. The van der Waals surface area contributed by atoms with Crippen molar-refractivity contribution >= 4 is 11.6 Å². The molecule has 4 rings (SSSR count). The fourth-order valence-electron chi connectivity index (χ4n) is 3.96. The van der Waals surface area contributed by atoms with Crippen LogP contribution in [0.2, 0.25) is 0 Å². The van der Waals surface area contributed by atoms with E-state index in [1.165, 1.54) is 5.56 Å². The molecule has 0 aliphatic carbocycles. The Morgan fingerprint density at radius 2 is 1.94 bits per heavy atom. The minimum absolute atomic E-state index is 0.120. The summed E-state index contributed by atoms with van der Waals surface area (Å²) in [7, 11) is 1.62.